The quantitative estimate of drug-likeness (QED) is 0.764. The number of halogens is 1. The van der Waals surface area contributed by atoms with Crippen molar-refractivity contribution in [2.45, 2.75) is 33.7 Å². The number of aryl methyl sites for hydroxylation is 2. The number of hydrogen-bond acceptors (Lipinski definition) is 6. The third-order valence-electron chi connectivity index (χ3n) is 4.52. The molecule has 0 saturated carbocycles. The Morgan fingerprint density at radius 1 is 1.37 bits per heavy atom. The number of fused-ring (bicyclic) bond motifs is 1. The maximum absolute atomic E-state index is 12.7. The summed E-state index contributed by atoms with van der Waals surface area (Å²) in [4.78, 5) is 28.7. The van der Waals surface area contributed by atoms with E-state index in [1.807, 2.05) is 6.92 Å². The summed E-state index contributed by atoms with van der Waals surface area (Å²) in [5, 5.41) is 7.68. The zero-order chi connectivity index (χ0) is 18.8. The van der Waals surface area contributed by atoms with Crippen LogP contribution in [0, 0.1) is 6.92 Å². The summed E-state index contributed by atoms with van der Waals surface area (Å²) < 4.78 is 6.79. The molecule has 0 atom stereocenters. The molecule has 1 aliphatic rings. The zero-order valence-electron chi connectivity index (χ0n) is 16.0. The van der Waals surface area contributed by atoms with Gasteiger partial charge in [-0.15, -0.1) is 23.7 Å². The summed E-state index contributed by atoms with van der Waals surface area (Å²) in [6.07, 6.45) is 0.786. The van der Waals surface area contributed by atoms with Crippen molar-refractivity contribution >= 4 is 40.6 Å². The van der Waals surface area contributed by atoms with Crippen LogP contribution >= 0.6 is 23.7 Å². The average molecular weight is 413 g/mol. The van der Waals surface area contributed by atoms with Crippen molar-refractivity contribution in [3.8, 4) is 0 Å². The van der Waals surface area contributed by atoms with Crippen molar-refractivity contribution in [2.75, 3.05) is 25.0 Å². The lowest BCUT2D eigenvalue weighted by atomic mass is 10.0. The third-order valence-corrected chi connectivity index (χ3v) is 5.66. The lowest BCUT2D eigenvalue weighted by molar-refractivity contribution is 0.0526. The lowest BCUT2D eigenvalue weighted by Crippen LogP contribution is -2.30. The van der Waals surface area contributed by atoms with E-state index >= 15 is 0 Å². The van der Waals surface area contributed by atoms with Crippen LogP contribution in [0.15, 0.2) is 6.07 Å². The Morgan fingerprint density at radius 2 is 2.11 bits per heavy atom. The first-order valence-corrected chi connectivity index (χ1v) is 9.62. The molecule has 2 aromatic heterocycles. The van der Waals surface area contributed by atoms with E-state index in [2.05, 4.69) is 22.2 Å². The first-order chi connectivity index (χ1) is 12.4. The molecule has 0 unspecified atom stereocenters. The Kier molecular flexibility index (Phi) is 7.02. The summed E-state index contributed by atoms with van der Waals surface area (Å²) in [6, 6.07) is 1.73. The Hall–Kier alpha value is -1.90. The molecule has 0 fully saturated rings. The summed E-state index contributed by atoms with van der Waals surface area (Å²) in [7, 11) is 1.73. The molecule has 0 bridgehead atoms. The standard InChI is InChI=1S/C18H24N4O3S.ClH/c1-5-22-8-7-12-14(10-22)26-17(15(12)18(24)25-6-2)19-16(23)13-9-11(3)20-21(13)4;/h9H,5-8,10H2,1-4H3,(H,19,23);1H. The maximum Gasteiger partial charge on any atom is 0.341 e. The van der Waals surface area contributed by atoms with Crippen molar-refractivity contribution < 1.29 is 14.3 Å². The number of hydrogen-bond donors (Lipinski definition) is 1. The minimum Gasteiger partial charge on any atom is -0.462 e. The Labute approximate surface area is 169 Å². The van der Waals surface area contributed by atoms with E-state index in [9.17, 15) is 9.59 Å². The predicted molar refractivity (Wildman–Crippen MR) is 108 cm³/mol. The summed E-state index contributed by atoms with van der Waals surface area (Å²) >= 11 is 1.47. The number of anilines is 1. The molecule has 3 rings (SSSR count). The largest absolute Gasteiger partial charge is 0.462 e. The van der Waals surface area contributed by atoms with Crippen LogP contribution in [0.1, 0.15) is 50.8 Å². The Morgan fingerprint density at radius 3 is 2.70 bits per heavy atom. The number of nitrogens with one attached hydrogen (secondary N) is 1. The highest BCUT2D eigenvalue weighted by Crippen LogP contribution is 2.37. The van der Waals surface area contributed by atoms with E-state index in [-0.39, 0.29) is 24.3 Å². The van der Waals surface area contributed by atoms with Crippen LogP contribution in [0.25, 0.3) is 0 Å². The molecule has 0 radical (unpaired) electrons. The van der Waals surface area contributed by atoms with Gasteiger partial charge in [-0.3, -0.25) is 14.4 Å². The van der Waals surface area contributed by atoms with E-state index in [1.54, 1.807) is 24.7 Å². The summed E-state index contributed by atoms with van der Waals surface area (Å²) in [5.41, 5.74) is 2.75. The molecule has 0 spiro atoms. The van der Waals surface area contributed by atoms with Gasteiger partial charge in [-0.1, -0.05) is 6.92 Å². The monoisotopic (exact) mass is 412 g/mol. The normalized spacial score (nSPS) is 13.6. The maximum atomic E-state index is 12.7. The number of carbonyl (C=O) groups is 2. The van der Waals surface area contributed by atoms with Crippen LogP contribution < -0.4 is 5.32 Å². The molecule has 27 heavy (non-hydrogen) atoms. The fourth-order valence-electron chi connectivity index (χ4n) is 3.22. The second-order valence-electron chi connectivity index (χ2n) is 6.30. The number of amides is 1. The first-order valence-electron chi connectivity index (χ1n) is 8.80. The second-order valence-corrected chi connectivity index (χ2v) is 7.40. The molecule has 0 saturated heterocycles. The van der Waals surface area contributed by atoms with Gasteiger partial charge < -0.3 is 10.1 Å². The van der Waals surface area contributed by atoms with Gasteiger partial charge in [0, 0.05) is 25.0 Å². The van der Waals surface area contributed by atoms with Crippen LogP contribution in [0.5, 0.6) is 0 Å². The SMILES string of the molecule is CCOC(=O)c1c(NC(=O)c2cc(C)nn2C)sc2c1CCN(CC)C2.Cl. The van der Waals surface area contributed by atoms with Gasteiger partial charge in [0.15, 0.2) is 0 Å². The predicted octanol–water partition coefficient (Wildman–Crippen LogP) is 3.02. The van der Waals surface area contributed by atoms with Gasteiger partial charge in [0.05, 0.1) is 17.9 Å². The van der Waals surface area contributed by atoms with Crippen LogP contribution in [0.2, 0.25) is 0 Å². The topological polar surface area (TPSA) is 76.5 Å². The van der Waals surface area contributed by atoms with Crippen LogP contribution in [0.3, 0.4) is 0 Å². The van der Waals surface area contributed by atoms with Crippen LogP contribution in [-0.4, -0.2) is 46.3 Å². The molecule has 2 aromatic rings. The highest BCUT2D eigenvalue weighted by molar-refractivity contribution is 7.17. The smallest absolute Gasteiger partial charge is 0.341 e. The minimum absolute atomic E-state index is 0. The minimum atomic E-state index is -0.369. The zero-order valence-corrected chi connectivity index (χ0v) is 17.6. The molecule has 1 aliphatic heterocycles. The number of ether oxygens (including phenoxy) is 1. The molecular formula is C18H25ClN4O3S. The molecule has 7 nitrogen and oxygen atoms in total. The van der Waals surface area contributed by atoms with E-state index in [0.717, 1.165) is 42.2 Å². The van der Waals surface area contributed by atoms with Gasteiger partial charge in [0.2, 0.25) is 0 Å². The summed E-state index contributed by atoms with van der Waals surface area (Å²) in [5.74, 6) is -0.643. The molecule has 148 valence electrons. The Bertz CT molecular complexity index is 846. The van der Waals surface area contributed by atoms with Crippen molar-refractivity contribution in [3.05, 3.63) is 33.5 Å². The van der Waals surface area contributed by atoms with Crippen molar-refractivity contribution in [2.24, 2.45) is 7.05 Å². The number of likely N-dealkylation sites (N-methyl/N-ethyl adjacent to an activating group) is 1. The number of nitrogens with zero attached hydrogens (tertiary/aromatic N) is 3. The lowest BCUT2D eigenvalue weighted by Gasteiger charge is -2.25. The molecule has 0 aromatic carbocycles. The van der Waals surface area contributed by atoms with E-state index in [0.29, 0.717) is 22.9 Å². The van der Waals surface area contributed by atoms with Crippen LogP contribution in [-0.2, 0) is 24.8 Å². The number of carbonyl (C=O) groups excluding carboxylic acids is 2. The van der Waals surface area contributed by atoms with Gasteiger partial charge in [-0.25, -0.2) is 4.79 Å². The number of esters is 1. The summed E-state index contributed by atoms with van der Waals surface area (Å²) in [6.45, 7) is 8.71. The van der Waals surface area contributed by atoms with Crippen molar-refractivity contribution in [1.82, 2.24) is 14.7 Å². The van der Waals surface area contributed by atoms with Crippen molar-refractivity contribution in [3.63, 3.8) is 0 Å². The molecule has 0 aliphatic carbocycles. The fraction of sp³-hybridized carbons (Fsp3) is 0.500. The third kappa shape index (κ3) is 4.34. The molecule has 9 heteroatoms. The van der Waals surface area contributed by atoms with E-state index in [4.69, 9.17) is 4.74 Å². The van der Waals surface area contributed by atoms with Gasteiger partial charge in [0.25, 0.3) is 5.91 Å². The molecule has 1 N–H and O–H groups in total. The number of rotatable bonds is 5. The van der Waals surface area contributed by atoms with E-state index < -0.39 is 0 Å². The highest BCUT2D eigenvalue weighted by Gasteiger charge is 2.29. The highest BCUT2D eigenvalue weighted by atomic mass is 35.5. The van der Waals surface area contributed by atoms with Gasteiger partial charge in [-0.2, -0.15) is 5.10 Å². The van der Waals surface area contributed by atoms with Gasteiger partial charge >= 0.3 is 5.97 Å². The number of thiophene rings is 1. The van der Waals surface area contributed by atoms with E-state index in [1.165, 1.54) is 11.3 Å². The number of aromatic nitrogens is 2. The second kappa shape index (κ2) is 8.86. The van der Waals surface area contributed by atoms with Gasteiger partial charge in [-0.05, 0) is 38.4 Å². The van der Waals surface area contributed by atoms with Crippen molar-refractivity contribution in [1.29, 1.82) is 0 Å². The molecule has 3 heterocycles. The Balaban J connectivity index is 0.00000261. The first kappa shape index (κ1) is 21.4. The van der Waals surface area contributed by atoms with Gasteiger partial charge in [0.1, 0.15) is 10.7 Å². The fourth-order valence-corrected chi connectivity index (χ4v) is 4.50. The molecule has 1 amide bonds. The average Bonchev–Trinajstić information content (AvgIpc) is 3.13. The molecular weight excluding hydrogens is 388 g/mol. The van der Waals surface area contributed by atoms with Crippen LogP contribution in [0.4, 0.5) is 5.00 Å².